The van der Waals surface area contributed by atoms with Gasteiger partial charge in [-0.25, -0.2) is 0 Å². The van der Waals surface area contributed by atoms with Gasteiger partial charge in [0.15, 0.2) is 0 Å². The number of carbonyl (C=O) groups is 2. The van der Waals surface area contributed by atoms with Crippen molar-refractivity contribution in [1.29, 1.82) is 0 Å². The first-order valence-electron chi connectivity index (χ1n) is 6.16. The van der Waals surface area contributed by atoms with Crippen LogP contribution in [0.5, 0.6) is 0 Å². The van der Waals surface area contributed by atoms with Gasteiger partial charge in [-0.3, -0.25) is 9.59 Å². The van der Waals surface area contributed by atoms with Crippen molar-refractivity contribution in [3.63, 3.8) is 0 Å². The molecule has 6 heteroatoms. The molecule has 0 saturated carbocycles. The summed E-state index contributed by atoms with van der Waals surface area (Å²) in [6.45, 7) is 4.49. The molecule has 0 spiro atoms. The van der Waals surface area contributed by atoms with Gasteiger partial charge in [-0.1, -0.05) is 13.8 Å². The first kappa shape index (κ1) is 17.2. The molecule has 2 amide bonds. The van der Waals surface area contributed by atoms with Crippen LogP contribution < -0.4 is 11.1 Å². The average molecular weight is 275 g/mol. The molecule has 0 aliphatic carbocycles. The molecule has 0 aliphatic heterocycles. The summed E-state index contributed by atoms with van der Waals surface area (Å²) in [5.41, 5.74) is 5.68. The lowest BCUT2D eigenvalue weighted by Crippen LogP contribution is -2.47. The molecule has 0 radical (unpaired) electrons. The van der Waals surface area contributed by atoms with Crippen LogP contribution in [0.4, 0.5) is 0 Å². The number of hydrogen-bond donors (Lipinski definition) is 2. The zero-order valence-electron chi connectivity index (χ0n) is 11.7. The van der Waals surface area contributed by atoms with E-state index in [1.165, 1.54) is 0 Å². The third-order valence-corrected chi connectivity index (χ3v) is 3.40. The maximum atomic E-state index is 11.7. The van der Waals surface area contributed by atoms with Gasteiger partial charge in [-0.2, -0.15) is 11.8 Å². The first-order chi connectivity index (χ1) is 8.40. The van der Waals surface area contributed by atoms with Crippen LogP contribution in [0.3, 0.4) is 0 Å². The molecule has 0 unspecified atom stereocenters. The third-order valence-electron chi connectivity index (χ3n) is 2.70. The lowest BCUT2D eigenvalue weighted by Gasteiger charge is -2.19. The summed E-state index contributed by atoms with van der Waals surface area (Å²) in [4.78, 5) is 24.9. The topological polar surface area (TPSA) is 75.4 Å². The van der Waals surface area contributed by atoms with Gasteiger partial charge in [-0.15, -0.1) is 0 Å². The molecule has 18 heavy (non-hydrogen) atoms. The minimum Gasteiger partial charge on any atom is -0.346 e. The fraction of sp³-hybridized carbons (Fsp3) is 0.833. The zero-order valence-corrected chi connectivity index (χ0v) is 12.5. The predicted octanol–water partition coefficient (Wildman–Crippen LogP) is 0.297. The molecule has 106 valence electrons. The monoisotopic (exact) mass is 275 g/mol. The average Bonchev–Trinajstić information content (AvgIpc) is 2.34. The minimum absolute atomic E-state index is 0.0228. The molecular weight excluding hydrogens is 250 g/mol. The van der Waals surface area contributed by atoms with Crippen LogP contribution in [0.25, 0.3) is 0 Å². The van der Waals surface area contributed by atoms with Gasteiger partial charge in [0.1, 0.15) is 0 Å². The molecule has 0 rings (SSSR count). The number of nitrogens with one attached hydrogen (secondary N) is 1. The molecule has 1 atom stereocenters. The van der Waals surface area contributed by atoms with E-state index in [1.54, 1.807) is 23.7 Å². The van der Waals surface area contributed by atoms with Crippen molar-refractivity contribution in [3.05, 3.63) is 0 Å². The van der Waals surface area contributed by atoms with E-state index in [2.05, 4.69) is 5.32 Å². The number of carbonyl (C=O) groups excluding carboxylic acids is 2. The minimum atomic E-state index is -0.556. The molecule has 0 aromatic rings. The van der Waals surface area contributed by atoms with E-state index in [9.17, 15) is 9.59 Å². The van der Waals surface area contributed by atoms with Crippen LogP contribution in [0.2, 0.25) is 0 Å². The highest BCUT2D eigenvalue weighted by Gasteiger charge is 2.18. The Hall–Kier alpha value is -0.750. The molecule has 0 heterocycles. The highest BCUT2D eigenvalue weighted by molar-refractivity contribution is 7.98. The van der Waals surface area contributed by atoms with Crippen LogP contribution in [0.15, 0.2) is 0 Å². The van der Waals surface area contributed by atoms with Crippen molar-refractivity contribution >= 4 is 23.6 Å². The maximum Gasteiger partial charge on any atom is 0.241 e. The van der Waals surface area contributed by atoms with Crippen LogP contribution in [0.1, 0.15) is 20.3 Å². The smallest absolute Gasteiger partial charge is 0.241 e. The van der Waals surface area contributed by atoms with Crippen LogP contribution in [0, 0.1) is 5.92 Å². The number of nitrogens with zero attached hydrogens (tertiary/aromatic N) is 1. The summed E-state index contributed by atoms with van der Waals surface area (Å²) in [5.74, 6) is 0.748. The second-order valence-corrected chi connectivity index (χ2v) is 5.63. The lowest BCUT2D eigenvalue weighted by molar-refractivity contribution is -0.132. The fourth-order valence-electron chi connectivity index (χ4n) is 1.29. The Morgan fingerprint density at radius 1 is 1.39 bits per heavy atom. The first-order valence-corrected chi connectivity index (χ1v) is 7.55. The zero-order chi connectivity index (χ0) is 14.1. The van der Waals surface area contributed by atoms with Crippen molar-refractivity contribution in [2.75, 3.05) is 32.1 Å². The highest BCUT2D eigenvalue weighted by Crippen LogP contribution is 1.99. The van der Waals surface area contributed by atoms with Crippen molar-refractivity contribution < 1.29 is 9.59 Å². The number of hydrogen-bond acceptors (Lipinski definition) is 4. The lowest BCUT2D eigenvalue weighted by atomic mass is 10.1. The summed E-state index contributed by atoms with van der Waals surface area (Å²) < 4.78 is 0. The number of likely N-dealkylation sites (N-methyl/N-ethyl adjacent to an activating group) is 1. The van der Waals surface area contributed by atoms with Gasteiger partial charge in [0.2, 0.25) is 11.8 Å². The maximum absolute atomic E-state index is 11.7. The molecule has 5 nitrogen and oxygen atoms in total. The molecule has 0 aliphatic rings. The Balaban J connectivity index is 3.91. The van der Waals surface area contributed by atoms with E-state index >= 15 is 0 Å². The van der Waals surface area contributed by atoms with E-state index in [1.807, 2.05) is 20.1 Å². The van der Waals surface area contributed by atoms with Gasteiger partial charge in [0.25, 0.3) is 0 Å². The Labute approximate surface area is 114 Å². The van der Waals surface area contributed by atoms with E-state index in [0.717, 1.165) is 12.2 Å². The van der Waals surface area contributed by atoms with Gasteiger partial charge >= 0.3 is 0 Å². The largest absolute Gasteiger partial charge is 0.346 e. The molecule has 3 N–H and O–H groups in total. The molecule has 0 bridgehead atoms. The second kappa shape index (κ2) is 9.22. The number of amides is 2. The summed E-state index contributed by atoms with van der Waals surface area (Å²) in [7, 11) is 1.75. The van der Waals surface area contributed by atoms with Gasteiger partial charge in [-0.05, 0) is 24.3 Å². The summed E-state index contributed by atoms with van der Waals surface area (Å²) >= 11 is 1.76. The van der Waals surface area contributed by atoms with Crippen molar-refractivity contribution in [2.24, 2.45) is 11.7 Å². The number of thioether (sulfide) groups is 1. The van der Waals surface area contributed by atoms with Crippen molar-refractivity contribution in [1.82, 2.24) is 10.2 Å². The molecular formula is C12H25N3O2S. The van der Waals surface area contributed by atoms with Gasteiger partial charge in [0.05, 0.1) is 12.6 Å². The van der Waals surface area contributed by atoms with Crippen LogP contribution in [-0.4, -0.2) is 54.9 Å². The van der Waals surface area contributed by atoms with E-state index in [4.69, 9.17) is 5.73 Å². The third kappa shape index (κ3) is 6.86. The second-order valence-electron chi connectivity index (χ2n) is 4.65. The Bertz CT molecular complexity index is 272. The van der Waals surface area contributed by atoms with E-state index < -0.39 is 6.04 Å². The SMILES string of the molecule is CSCCCN(C)C(=O)CNC(=O)[C@@H](N)C(C)C. The molecule has 0 fully saturated rings. The molecule has 0 saturated heterocycles. The normalized spacial score (nSPS) is 12.3. The Morgan fingerprint density at radius 3 is 2.50 bits per heavy atom. The number of nitrogens with two attached hydrogens (primary N) is 1. The molecule has 0 aromatic heterocycles. The Morgan fingerprint density at radius 2 is 2.00 bits per heavy atom. The summed E-state index contributed by atoms with van der Waals surface area (Å²) in [6, 6.07) is -0.556. The summed E-state index contributed by atoms with van der Waals surface area (Å²) in [6.07, 6.45) is 3.00. The predicted molar refractivity (Wildman–Crippen MR) is 76.5 cm³/mol. The quantitative estimate of drug-likeness (QED) is 0.625. The van der Waals surface area contributed by atoms with Gasteiger partial charge < -0.3 is 16.0 Å². The standard InChI is InChI=1S/C12H25N3O2S/c1-9(2)11(13)12(17)14-8-10(16)15(3)6-5-7-18-4/h9,11H,5-8,13H2,1-4H3,(H,14,17)/t11-/m0/s1. The van der Waals surface area contributed by atoms with Gasteiger partial charge in [0, 0.05) is 13.6 Å². The molecule has 0 aromatic carbocycles. The Kier molecular flexibility index (Phi) is 8.83. The van der Waals surface area contributed by atoms with Crippen molar-refractivity contribution in [2.45, 2.75) is 26.3 Å². The van der Waals surface area contributed by atoms with Crippen molar-refractivity contribution in [3.8, 4) is 0 Å². The summed E-state index contributed by atoms with van der Waals surface area (Å²) in [5, 5.41) is 2.57. The van der Waals surface area contributed by atoms with Crippen LogP contribution >= 0.6 is 11.8 Å². The fourth-order valence-corrected chi connectivity index (χ4v) is 1.71. The highest BCUT2D eigenvalue weighted by atomic mass is 32.2. The van der Waals surface area contributed by atoms with E-state index in [0.29, 0.717) is 6.54 Å². The van der Waals surface area contributed by atoms with Crippen LogP contribution in [-0.2, 0) is 9.59 Å². The van der Waals surface area contributed by atoms with E-state index in [-0.39, 0.29) is 24.3 Å². The number of rotatable bonds is 8.